The molecule has 90 valence electrons. The first-order chi connectivity index (χ1) is 8.08. The van der Waals surface area contributed by atoms with Gasteiger partial charge in [-0.15, -0.1) is 0 Å². The van der Waals surface area contributed by atoms with E-state index < -0.39 is 0 Å². The molecule has 0 fully saturated rings. The second-order valence-electron chi connectivity index (χ2n) is 3.81. The Bertz CT molecular complexity index is 617. The van der Waals surface area contributed by atoms with E-state index in [9.17, 15) is 4.79 Å². The van der Waals surface area contributed by atoms with Gasteiger partial charge in [-0.3, -0.25) is 4.79 Å². The normalized spacial score (nSPS) is 10.9. The molecule has 0 aliphatic rings. The third-order valence-electron chi connectivity index (χ3n) is 2.54. The van der Waals surface area contributed by atoms with Crippen molar-refractivity contribution in [3.8, 4) is 0 Å². The largest absolute Gasteiger partial charge is 0.370 e. The molecule has 0 bridgehead atoms. The van der Waals surface area contributed by atoms with Crippen LogP contribution in [0.5, 0.6) is 0 Å². The van der Waals surface area contributed by atoms with Crippen LogP contribution < -0.4 is 5.73 Å². The highest BCUT2D eigenvalue weighted by Gasteiger charge is 2.05. The molecular weight excluding hydrogens is 302 g/mol. The first kappa shape index (κ1) is 12.3. The zero-order valence-electron chi connectivity index (χ0n) is 9.07. The number of aryl methyl sites for hydroxylation is 1. The van der Waals surface area contributed by atoms with Gasteiger partial charge in [0.05, 0.1) is 11.0 Å². The number of H-pyrrole nitrogens is 1. The maximum Gasteiger partial charge on any atom is 0.217 e. The zero-order valence-corrected chi connectivity index (χ0v) is 11.5. The molecule has 2 rings (SSSR count). The van der Waals surface area contributed by atoms with Crippen LogP contribution in [-0.2, 0) is 11.3 Å². The molecule has 1 aromatic heterocycles. The summed E-state index contributed by atoms with van der Waals surface area (Å²) in [7, 11) is 0. The average molecular weight is 314 g/mol. The van der Waals surface area contributed by atoms with E-state index in [4.69, 9.17) is 18.0 Å². The molecule has 0 saturated heterocycles. The van der Waals surface area contributed by atoms with Gasteiger partial charge in [0.15, 0.2) is 4.77 Å². The number of hydrogen-bond donors (Lipinski definition) is 2. The number of rotatable bonds is 4. The van der Waals surface area contributed by atoms with Crippen molar-refractivity contribution in [2.45, 2.75) is 19.4 Å². The Morgan fingerprint density at radius 2 is 2.29 bits per heavy atom. The van der Waals surface area contributed by atoms with Gasteiger partial charge < -0.3 is 15.3 Å². The van der Waals surface area contributed by atoms with Gasteiger partial charge in [0.25, 0.3) is 0 Å². The van der Waals surface area contributed by atoms with Crippen molar-refractivity contribution in [3.05, 3.63) is 27.4 Å². The molecule has 0 aliphatic heterocycles. The van der Waals surface area contributed by atoms with Crippen molar-refractivity contribution in [2.24, 2.45) is 5.73 Å². The Morgan fingerprint density at radius 3 is 3.00 bits per heavy atom. The van der Waals surface area contributed by atoms with Crippen LogP contribution >= 0.6 is 28.1 Å². The van der Waals surface area contributed by atoms with Gasteiger partial charge in [0, 0.05) is 17.4 Å². The first-order valence-corrected chi connectivity index (χ1v) is 6.44. The highest BCUT2D eigenvalue weighted by Crippen LogP contribution is 2.20. The topological polar surface area (TPSA) is 63.8 Å². The number of primary amides is 1. The number of hydrogen-bond acceptors (Lipinski definition) is 2. The molecule has 0 atom stereocenters. The molecule has 6 heteroatoms. The Balaban J connectivity index is 2.32. The SMILES string of the molecule is NC(=O)CCCn1c(=S)[nH]c2ccc(Br)cc21. The van der Waals surface area contributed by atoms with E-state index in [1.54, 1.807) is 0 Å². The number of aromatic nitrogens is 2. The fraction of sp³-hybridized carbons (Fsp3) is 0.273. The van der Waals surface area contributed by atoms with Gasteiger partial charge in [-0.05, 0) is 36.8 Å². The van der Waals surface area contributed by atoms with Gasteiger partial charge in [0.1, 0.15) is 0 Å². The molecule has 3 N–H and O–H groups in total. The van der Waals surface area contributed by atoms with Crippen molar-refractivity contribution < 1.29 is 4.79 Å². The van der Waals surface area contributed by atoms with E-state index in [0.29, 0.717) is 24.2 Å². The predicted molar refractivity (Wildman–Crippen MR) is 73.3 cm³/mol. The lowest BCUT2D eigenvalue weighted by Gasteiger charge is -2.03. The highest BCUT2D eigenvalue weighted by molar-refractivity contribution is 9.10. The van der Waals surface area contributed by atoms with Crippen LogP contribution in [-0.4, -0.2) is 15.5 Å². The number of amides is 1. The van der Waals surface area contributed by atoms with E-state index in [2.05, 4.69) is 20.9 Å². The van der Waals surface area contributed by atoms with Crippen molar-refractivity contribution >= 4 is 45.1 Å². The summed E-state index contributed by atoms with van der Waals surface area (Å²) in [6.07, 6.45) is 1.07. The second-order valence-corrected chi connectivity index (χ2v) is 5.12. The molecule has 1 heterocycles. The standard InChI is InChI=1S/C11H12BrN3OS/c12-7-3-4-8-9(6-7)15(11(17)14-8)5-1-2-10(13)16/h3-4,6H,1-2,5H2,(H2,13,16)(H,14,17). The number of benzene rings is 1. The van der Waals surface area contributed by atoms with Crippen LogP contribution in [0.25, 0.3) is 11.0 Å². The smallest absolute Gasteiger partial charge is 0.217 e. The summed E-state index contributed by atoms with van der Waals surface area (Å²) in [5, 5.41) is 0. The van der Waals surface area contributed by atoms with Crippen LogP contribution in [0.3, 0.4) is 0 Å². The minimum absolute atomic E-state index is 0.280. The average Bonchev–Trinajstić information content (AvgIpc) is 2.55. The Kier molecular flexibility index (Phi) is 3.63. The fourth-order valence-electron chi connectivity index (χ4n) is 1.76. The number of nitrogens with zero attached hydrogens (tertiary/aromatic N) is 1. The van der Waals surface area contributed by atoms with Crippen molar-refractivity contribution in [1.29, 1.82) is 0 Å². The minimum Gasteiger partial charge on any atom is -0.370 e. The molecule has 17 heavy (non-hydrogen) atoms. The third-order valence-corrected chi connectivity index (χ3v) is 3.36. The highest BCUT2D eigenvalue weighted by atomic mass is 79.9. The number of carbonyl (C=O) groups is 1. The van der Waals surface area contributed by atoms with Gasteiger partial charge >= 0.3 is 0 Å². The van der Waals surface area contributed by atoms with Gasteiger partial charge in [-0.25, -0.2) is 0 Å². The molecule has 1 aromatic carbocycles. The molecule has 0 aliphatic carbocycles. The summed E-state index contributed by atoms with van der Waals surface area (Å²) in [6.45, 7) is 0.693. The van der Waals surface area contributed by atoms with Crippen LogP contribution in [0.4, 0.5) is 0 Å². The summed E-state index contributed by atoms with van der Waals surface area (Å²) in [5.74, 6) is -0.280. The van der Waals surface area contributed by atoms with E-state index in [0.717, 1.165) is 15.5 Å². The monoisotopic (exact) mass is 313 g/mol. The maximum absolute atomic E-state index is 10.7. The number of carbonyl (C=O) groups excluding carboxylic acids is 1. The predicted octanol–water partition coefficient (Wildman–Crippen LogP) is 2.73. The first-order valence-electron chi connectivity index (χ1n) is 5.24. The second kappa shape index (κ2) is 5.01. The molecule has 4 nitrogen and oxygen atoms in total. The molecule has 2 aromatic rings. The summed E-state index contributed by atoms with van der Waals surface area (Å²) in [5.41, 5.74) is 7.15. The third kappa shape index (κ3) is 2.76. The summed E-state index contributed by atoms with van der Waals surface area (Å²) < 4.78 is 3.66. The van der Waals surface area contributed by atoms with Gasteiger partial charge in [-0.2, -0.15) is 0 Å². The van der Waals surface area contributed by atoms with Crippen LogP contribution in [0, 0.1) is 4.77 Å². The van der Waals surface area contributed by atoms with Crippen molar-refractivity contribution in [2.75, 3.05) is 0 Å². The number of aromatic amines is 1. The molecule has 0 unspecified atom stereocenters. The number of halogens is 1. The molecule has 0 spiro atoms. The number of fused-ring (bicyclic) bond motifs is 1. The van der Waals surface area contributed by atoms with E-state index in [1.807, 2.05) is 22.8 Å². The van der Waals surface area contributed by atoms with Crippen LogP contribution in [0.2, 0.25) is 0 Å². The molecule has 0 radical (unpaired) electrons. The van der Waals surface area contributed by atoms with Crippen molar-refractivity contribution in [3.63, 3.8) is 0 Å². The van der Waals surface area contributed by atoms with Crippen LogP contribution in [0.15, 0.2) is 22.7 Å². The Morgan fingerprint density at radius 1 is 1.53 bits per heavy atom. The van der Waals surface area contributed by atoms with Crippen LogP contribution in [0.1, 0.15) is 12.8 Å². The Hall–Kier alpha value is -1.14. The van der Waals surface area contributed by atoms with E-state index in [-0.39, 0.29) is 5.91 Å². The lowest BCUT2D eigenvalue weighted by atomic mass is 10.3. The molecule has 1 amide bonds. The summed E-state index contributed by atoms with van der Waals surface area (Å²) >= 11 is 8.68. The number of nitrogens with two attached hydrogens (primary N) is 1. The maximum atomic E-state index is 10.7. The summed E-state index contributed by atoms with van der Waals surface area (Å²) in [4.78, 5) is 13.8. The molecular formula is C11H12BrN3OS. The quantitative estimate of drug-likeness (QED) is 0.852. The number of imidazole rings is 1. The van der Waals surface area contributed by atoms with Gasteiger partial charge in [-0.1, -0.05) is 15.9 Å². The summed E-state index contributed by atoms with van der Waals surface area (Å²) in [6, 6.07) is 5.94. The minimum atomic E-state index is -0.280. The van der Waals surface area contributed by atoms with Crippen molar-refractivity contribution in [1.82, 2.24) is 9.55 Å². The Labute approximate surface area is 112 Å². The lowest BCUT2D eigenvalue weighted by molar-refractivity contribution is -0.118. The van der Waals surface area contributed by atoms with E-state index >= 15 is 0 Å². The molecule has 0 saturated carbocycles. The number of nitrogens with one attached hydrogen (secondary N) is 1. The van der Waals surface area contributed by atoms with E-state index in [1.165, 1.54) is 0 Å². The fourth-order valence-corrected chi connectivity index (χ4v) is 2.41. The zero-order chi connectivity index (χ0) is 12.4. The van der Waals surface area contributed by atoms with Gasteiger partial charge in [0.2, 0.25) is 5.91 Å². The lowest BCUT2D eigenvalue weighted by Crippen LogP contribution is -2.11.